The summed E-state index contributed by atoms with van der Waals surface area (Å²) in [5, 5.41) is 0. The molecule has 166 valence electrons. The van der Waals surface area contributed by atoms with Gasteiger partial charge in [-0.05, 0) is 48.2 Å². The van der Waals surface area contributed by atoms with Gasteiger partial charge in [0.25, 0.3) is 0 Å². The highest BCUT2D eigenvalue weighted by molar-refractivity contribution is 5.96. The average Bonchev–Trinajstić information content (AvgIpc) is 2.78. The molecule has 0 saturated heterocycles. The lowest BCUT2D eigenvalue weighted by Gasteiger charge is -2.18. The van der Waals surface area contributed by atoms with Crippen LogP contribution in [-0.4, -0.2) is 23.7 Å². The van der Waals surface area contributed by atoms with Crippen LogP contribution >= 0.6 is 0 Å². The van der Waals surface area contributed by atoms with Gasteiger partial charge in [0.15, 0.2) is 5.78 Å². The average molecular weight is 440 g/mol. The van der Waals surface area contributed by atoms with E-state index < -0.39 is 17.7 Å². The van der Waals surface area contributed by atoms with Crippen molar-refractivity contribution < 1.29 is 22.8 Å². The Morgan fingerprint density at radius 3 is 2.22 bits per heavy atom. The van der Waals surface area contributed by atoms with Crippen LogP contribution in [0.15, 0.2) is 54.6 Å². The fourth-order valence-electron chi connectivity index (χ4n) is 3.34. The molecule has 0 fully saturated rings. The van der Waals surface area contributed by atoms with Crippen molar-refractivity contribution in [2.24, 2.45) is 0 Å². The van der Waals surface area contributed by atoms with E-state index in [9.17, 15) is 22.8 Å². The summed E-state index contributed by atoms with van der Waals surface area (Å²) < 4.78 is 41.1. The summed E-state index contributed by atoms with van der Waals surface area (Å²) in [5.74, 6) is -2.68. The summed E-state index contributed by atoms with van der Waals surface area (Å²) in [7, 11) is 1.55. The molecule has 2 aromatic carbocycles. The van der Waals surface area contributed by atoms with Gasteiger partial charge in [-0.15, -0.1) is 0 Å². The first kappa shape index (κ1) is 23.2. The summed E-state index contributed by atoms with van der Waals surface area (Å²) >= 11 is 0. The topological polar surface area (TPSA) is 50.3 Å². The maximum atomic E-state index is 14.6. The van der Waals surface area contributed by atoms with E-state index in [0.29, 0.717) is 29.5 Å². The highest BCUT2D eigenvalue weighted by Crippen LogP contribution is 2.27. The number of aromatic nitrogens is 1. The van der Waals surface area contributed by atoms with E-state index in [1.807, 2.05) is 6.92 Å². The van der Waals surface area contributed by atoms with Crippen molar-refractivity contribution in [3.63, 3.8) is 0 Å². The van der Waals surface area contributed by atoms with Gasteiger partial charge < -0.3 is 4.90 Å². The second-order valence-corrected chi connectivity index (χ2v) is 7.45. The van der Waals surface area contributed by atoms with Crippen LogP contribution in [0.2, 0.25) is 0 Å². The molecule has 7 heteroatoms. The predicted molar refractivity (Wildman–Crippen MR) is 117 cm³/mol. The van der Waals surface area contributed by atoms with Crippen LogP contribution in [-0.2, 0) is 11.2 Å². The number of anilines is 1. The number of hydrogen-bond acceptors (Lipinski definition) is 3. The van der Waals surface area contributed by atoms with Gasteiger partial charge in [0.2, 0.25) is 17.8 Å². The predicted octanol–water partition coefficient (Wildman–Crippen LogP) is 5.74. The number of benzene rings is 2. The highest BCUT2D eigenvalue weighted by Gasteiger charge is 2.15. The van der Waals surface area contributed by atoms with E-state index in [0.717, 1.165) is 6.07 Å². The van der Waals surface area contributed by atoms with Crippen LogP contribution in [0.4, 0.5) is 18.9 Å². The van der Waals surface area contributed by atoms with Gasteiger partial charge in [0.05, 0.1) is 5.69 Å². The SMILES string of the molecule is CCCC(=O)N(C)c1ccc(-c2ccc(C(=O)CCc3ccc(F)nc3F)cc2)cc1F. The smallest absolute Gasteiger partial charge is 0.226 e. The number of rotatable bonds is 8. The Bertz CT molecular complexity index is 1130. The van der Waals surface area contributed by atoms with Crippen LogP contribution in [0.5, 0.6) is 0 Å². The number of Topliss-reactive ketones (excluding diaryl/α,β-unsaturated/α-hetero) is 1. The Labute approximate surface area is 184 Å². The Balaban J connectivity index is 1.69. The summed E-state index contributed by atoms with van der Waals surface area (Å²) in [4.78, 5) is 28.9. The van der Waals surface area contributed by atoms with Gasteiger partial charge in [-0.2, -0.15) is 13.8 Å². The fraction of sp³-hybridized carbons (Fsp3) is 0.240. The third-order valence-electron chi connectivity index (χ3n) is 5.20. The molecule has 0 aliphatic rings. The maximum absolute atomic E-state index is 14.6. The zero-order chi connectivity index (χ0) is 23.3. The minimum Gasteiger partial charge on any atom is -0.313 e. The van der Waals surface area contributed by atoms with Gasteiger partial charge in [-0.25, -0.2) is 4.39 Å². The molecular formula is C25H23F3N2O2. The number of halogens is 3. The van der Waals surface area contributed by atoms with Crippen molar-refractivity contribution in [3.8, 4) is 11.1 Å². The molecule has 0 unspecified atom stereocenters. The van der Waals surface area contributed by atoms with Gasteiger partial charge in [0, 0.05) is 31.0 Å². The van der Waals surface area contributed by atoms with Gasteiger partial charge in [0.1, 0.15) is 5.82 Å². The molecule has 1 amide bonds. The lowest BCUT2D eigenvalue weighted by atomic mass is 9.99. The normalized spacial score (nSPS) is 10.8. The second kappa shape index (κ2) is 10.2. The molecule has 0 bridgehead atoms. The lowest BCUT2D eigenvalue weighted by molar-refractivity contribution is -0.118. The molecule has 0 aliphatic carbocycles. The van der Waals surface area contributed by atoms with Gasteiger partial charge in [-0.3, -0.25) is 9.59 Å². The van der Waals surface area contributed by atoms with E-state index in [4.69, 9.17) is 0 Å². The summed E-state index contributed by atoms with van der Waals surface area (Å²) in [6, 6.07) is 13.6. The molecule has 0 aliphatic heterocycles. The molecule has 1 heterocycles. The Morgan fingerprint density at radius 1 is 0.906 bits per heavy atom. The minimum absolute atomic E-state index is 0.0467. The minimum atomic E-state index is -0.916. The standard InChI is InChI=1S/C25H23F3N2O2/c1-3-4-24(32)30(2)21-12-9-19(15-20(21)26)16-5-7-17(8-6-16)22(31)13-10-18-11-14-23(27)29-25(18)28/h5-9,11-12,14-15H,3-4,10,13H2,1-2H3. The molecule has 0 atom stereocenters. The number of amides is 1. The number of hydrogen-bond donors (Lipinski definition) is 0. The first-order chi connectivity index (χ1) is 15.3. The van der Waals surface area contributed by atoms with Crippen molar-refractivity contribution in [3.05, 3.63) is 83.4 Å². The molecule has 0 N–H and O–H groups in total. The molecule has 0 saturated carbocycles. The Kier molecular flexibility index (Phi) is 7.41. The van der Waals surface area contributed by atoms with E-state index in [2.05, 4.69) is 4.98 Å². The monoisotopic (exact) mass is 440 g/mol. The van der Waals surface area contributed by atoms with Crippen LogP contribution in [0, 0.1) is 17.7 Å². The number of ketones is 1. The number of pyridine rings is 1. The summed E-state index contributed by atoms with van der Waals surface area (Å²) in [6.45, 7) is 1.89. The van der Waals surface area contributed by atoms with Crippen molar-refractivity contribution in [2.45, 2.75) is 32.6 Å². The molecule has 4 nitrogen and oxygen atoms in total. The van der Waals surface area contributed by atoms with Crippen LogP contribution in [0.3, 0.4) is 0 Å². The quantitative estimate of drug-likeness (QED) is 0.331. The van der Waals surface area contributed by atoms with E-state index in [1.165, 1.54) is 17.0 Å². The first-order valence-corrected chi connectivity index (χ1v) is 10.3. The molecular weight excluding hydrogens is 417 g/mol. The Morgan fingerprint density at radius 2 is 1.59 bits per heavy atom. The van der Waals surface area contributed by atoms with Crippen molar-refractivity contribution in [2.75, 3.05) is 11.9 Å². The third-order valence-corrected chi connectivity index (χ3v) is 5.20. The van der Waals surface area contributed by atoms with Crippen LogP contribution < -0.4 is 4.90 Å². The lowest BCUT2D eigenvalue weighted by Crippen LogP contribution is -2.26. The van der Waals surface area contributed by atoms with Gasteiger partial charge >= 0.3 is 0 Å². The van der Waals surface area contributed by atoms with E-state index in [-0.39, 0.29) is 35.8 Å². The van der Waals surface area contributed by atoms with Crippen molar-refractivity contribution >= 4 is 17.4 Å². The molecule has 3 rings (SSSR count). The molecule has 3 aromatic rings. The summed E-state index contributed by atoms with van der Waals surface area (Å²) in [6.07, 6.45) is 1.18. The van der Waals surface area contributed by atoms with Crippen molar-refractivity contribution in [1.82, 2.24) is 4.98 Å². The zero-order valence-corrected chi connectivity index (χ0v) is 17.9. The molecule has 1 aromatic heterocycles. The van der Waals surface area contributed by atoms with Crippen LogP contribution in [0.25, 0.3) is 11.1 Å². The first-order valence-electron chi connectivity index (χ1n) is 10.3. The van der Waals surface area contributed by atoms with E-state index >= 15 is 0 Å². The van der Waals surface area contributed by atoms with Crippen LogP contribution in [0.1, 0.15) is 42.1 Å². The molecule has 0 spiro atoms. The summed E-state index contributed by atoms with van der Waals surface area (Å²) in [5.41, 5.74) is 2.14. The molecule has 0 radical (unpaired) electrons. The largest absolute Gasteiger partial charge is 0.313 e. The zero-order valence-electron chi connectivity index (χ0n) is 17.9. The number of aryl methyl sites for hydroxylation is 1. The maximum Gasteiger partial charge on any atom is 0.226 e. The number of carbonyl (C=O) groups is 2. The fourth-order valence-corrected chi connectivity index (χ4v) is 3.34. The van der Waals surface area contributed by atoms with Gasteiger partial charge in [-0.1, -0.05) is 37.3 Å². The highest BCUT2D eigenvalue weighted by atomic mass is 19.1. The Hall–Kier alpha value is -3.48. The number of carbonyl (C=O) groups excluding carboxylic acids is 2. The third kappa shape index (κ3) is 5.41. The van der Waals surface area contributed by atoms with E-state index in [1.54, 1.807) is 43.4 Å². The second-order valence-electron chi connectivity index (χ2n) is 7.45. The number of nitrogens with zero attached hydrogens (tertiary/aromatic N) is 2. The van der Waals surface area contributed by atoms with Crippen molar-refractivity contribution in [1.29, 1.82) is 0 Å². The molecule has 32 heavy (non-hydrogen) atoms.